The summed E-state index contributed by atoms with van der Waals surface area (Å²) in [6, 6.07) is 14.4. The van der Waals surface area contributed by atoms with Crippen LogP contribution in [0.4, 0.5) is 23.3 Å². The Kier molecular flexibility index (Phi) is 8.12. The first-order valence-electron chi connectivity index (χ1n) is 10.9. The van der Waals surface area contributed by atoms with Crippen molar-refractivity contribution in [3.05, 3.63) is 75.7 Å². The Balaban J connectivity index is 1.60. The molecule has 0 saturated heterocycles. The predicted molar refractivity (Wildman–Crippen MR) is 135 cm³/mol. The third-order valence-electron chi connectivity index (χ3n) is 4.68. The summed E-state index contributed by atoms with van der Waals surface area (Å²) in [6.45, 7) is 2.54. The number of halogens is 3. The van der Waals surface area contributed by atoms with Gasteiger partial charge in [-0.3, -0.25) is 20.2 Å². The summed E-state index contributed by atoms with van der Waals surface area (Å²) in [6.07, 6.45) is -3.98. The Labute approximate surface area is 221 Å². The molecule has 0 bridgehead atoms. The maximum atomic E-state index is 12.6. The third kappa shape index (κ3) is 6.98. The SMILES string of the molecule is CCCOc1ccc(-c2nc(NC(=O)c3ccc([N+](=O)[O-])s3)sc2Oc2ccc(OC(F)(F)F)cc2)cc1. The molecule has 1 N–H and O–H groups in total. The topological polar surface area (TPSA) is 113 Å². The second kappa shape index (κ2) is 11.5. The number of nitro groups is 1. The van der Waals surface area contributed by atoms with Gasteiger partial charge < -0.3 is 14.2 Å². The number of hydrogen-bond acceptors (Lipinski definition) is 9. The summed E-state index contributed by atoms with van der Waals surface area (Å²) in [5.74, 6) is -0.137. The lowest BCUT2D eigenvalue weighted by molar-refractivity contribution is -0.380. The van der Waals surface area contributed by atoms with E-state index in [0.29, 0.717) is 23.6 Å². The van der Waals surface area contributed by atoms with Crippen LogP contribution in [-0.4, -0.2) is 28.8 Å². The van der Waals surface area contributed by atoms with Crippen molar-refractivity contribution in [2.75, 3.05) is 11.9 Å². The van der Waals surface area contributed by atoms with Gasteiger partial charge in [-0.2, -0.15) is 0 Å². The molecule has 0 aliphatic heterocycles. The van der Waals surface area contributed by atoms with Crippen LogP contribution >= 0.6 is 22.7 Å². The molecule has 0 radical (unpaired) electrons. The Morgan fingerprint density at radius 3 is 2.26 bits per heavy atom. The maximum Gasteiger partial charge on any atom is 0.573 e. The molecule has 14 heteroatoms. The van der Waals surface area contributed by atoms with E-state index in [1.807, 2.05) is 6.92 Å². The monoisotopic (exact) mass is 565 g/mol. The van der Waals surface area contributed by atoms with Crippen LogP contribution in [0.15, 0.2) is 60.7 Å². The number of aromatic nitrogens is 1. The van der Waals surface area contributed by atoms with Crippen LogP contribution in [0.3, 0.4) is 0 Å². The van der Waals surface area contributed by atoms with Gasteiger partial charge in [0, 0.05) is 11.6 Å². The zero-order valence-corrected chi connectivity index (χ0v) is 21.1. The lowest BCUT2D eigenvalue weighted by atomic mass is 10.1. The molecule has 0 atom stereocenters. The zero-order valence-electron chi connectivity index (χ0n) is 19.5. The van der Waals surface area contributed by atoms with Gasteiger partial charge in [-0.1, -0.05) is 29.6 Å². The minimum atomic E-state index is -4.82. The number of anilines is 1. The van der Waals surface area contributed by atoms with Crippen LogP contribution < -0.4 is 19.5 Å². The van der Waals surface area contributed by atoms with Gasteiger partial charge in [0.05, 0.1) is 16.4 Å². The van der Waals surface area contributed by atoms with Crippen molar-refractivity contribution < 1.29 is 37.1 Å². The zero-order chi connectivity index (χ0) is 27.3. The van der Waals surface area contributed by atoms with Crippen molar-refractivity contribution >= 4 is 38.7 Å². The highest BCUT2D eigenvalue weighted by Gasteiger charge is 2.31. The molecule has 198 valence electrons. The van der Waals surface area contributed by atoms with E-state index in [-0.39, 0.29) is 25.8 Å². The number of hydrogen-bond donors (Lipinski definition) is 1. The molecule has 2 aromatic heterocycles. The number of thiazole rings is 1. The Bertz CT molecular complexity index is 1420. The second-order valence-corrected chi connectivity index (χ2v) is 9.52. The molecule has 4 aromatic rings. The molecule has 0 aliphatic rings. The summed E-state index contributed by atoms with van der Waals surface area (Å²) in [5, 5.41) is 13.8. The molecule has 9 nitrogen and oxygen atoms in total. The molecular formula is C24H18F3N3O6S2. The van der Waals surface area contributed by atoms with E-state index < -0.39 is 22.9 Å². The van der Waals surface area contributed by atoms with E-state index in [4.69, 9.17) is 9.47 Å². The highest BCUT2D eigenvalue weighted by molar-refractivity contribution is 7.19. The van der Waals surface area contributed by atoms with Crippen LogP contribution in [0.2, 0.25) is 0 Å². The maximum absolute atomic E-state index is 12.6. The summed E-state index contributed by atoms with van der Waals surface area (Å²) in [7, 11) is 0. The first-order chi connectivity index (χ1) is 18.1. The van der Waals surface area contributed by atoms with Crippen LogP contribution in [-0.2, 0) is 0 Å². The Hall–Kier alpha value is -4.17. The number of nitrogens with one attached hydrogen (secondary N) is 1. The molecule has 1 amide bonds. The van der Waals surface area contributed by atoms with E-state index in [0.717, 1.165) is 41.2 Å². The van der Waals surface area contributed by atoms with Crippen LogP contribution in [0.25, 0.3) is 11.3 Å². The van der Waals surface area contributed by atoms with E-state index in [9.17, 15) is 28.1 Å². The second-order valence-electron chi connectivity index (χ2n) is 7.50. The molecule has 4 rings (SSSR count). The average Bonchev–Trinajstić information content (AvgIpc) is 3.51. The fourth-order valence-electron chi connectivity index (χ4n) is 3.06. The van der Waals surface area contributed by atoms with Crippen LogP contribution in [0, 0.1) is 10.1 Å². The number of thiophene rings is 1. The molecule has 0 spiro atoms. The van der Waals surface area contributed by atoms with Crippen LogP contribution in [0.1, 0.15) is 23.0 Å². The quantitative estimate of drug-likeness (QED) is 0.156. The van der Waals surface area contributed by atoms with Gasteiger partial charge in [0.25, 0.3) is 5.91 Å². The number of benzene rings is 2. The molecule has 0 aliphatic carbocycles. The number of alkyl halides is 3. The van der Waals surface area contributed by atoms with E-state index in [2.05, 4.69) is 15.0 Å². The minimum Gasteiger partial charge on any atom is -0.494 e. The van der Waals surface area contributed by atoms with E-state index in [1.54, 1.807) is 24.3 Å². The molecular weight excluding hydrogens is 547 g/mol. The van der Waals surface area contributed by atoms with Crippen molar-refractivity contribution in [2.45, 2.75) is 19.7 Å². The first-order valence-corrected chi connectivity index (χ1v) is 12.6. The smallest absolute Gasteiger partial charge is 0.494 e. The largest absolute Gasteiger partial charge is 0.573 e. The number of ether oxygens (including phenoxy) is 3. The van der Waals surface area contributed by atoms with Gasteiger partial charge in [0.15, 0.2) is 5.13 Å². The van der Waals surface area contributed by atoms with Gasteiger partial charge in [0.2, 0.25) is 5.06 Å². The van der Waals surface area contributed by atoms with Gasteiger partial charge in [-0.15, -0.1) is 13.2 Å². The van der Waals surface area contributed by atoms with E-state index >= 15 is 0 Å². The number of nitrogens with zero attached hydrogens (tertiary/aromatic N) is 2. The average molecular weight is 566 g/mol. The van der Waals surface area contributed by atoms with Crippen LogP contribution in [0.5, 0.6) is 22.3 Å². The number of carbonyl (C=O) groups is 1. The molecule has 0 unspecified atom stereocenters. The van der Waals surface area contributed by atoms with Gasteiger partial charge >= 0.3 is 11.4 Å². The summed E-state index contributed by atoms with van der Waals surface area (Å²) >= 11 is 1.70. The predicted octanol–water partition coefficient (Wildman–Crippen LogP) is 7.51. The summed E-state index contributed by atoms with van der Waals surface area (Å²) in [4.78, 5) is 27.6. The lowest BCUT2D eigenvalue weighted by Crippen LogP contribution is -2.16. The molecule has 2 heterocycles. The summed E-state index contributed by atoms with van der Waals surface area (Å²) < 4.78 is 52.8. The molecule has 0 fully saturated rings. The van der Waals surface area contributed by atoms with Crippen molar-refractivity contribution in [3.63, 3.8) is 0 Å². The normalized spacial score (nSPS) is 11.2. The Morgan fingerprint density at radius 2 is 1.66 bits per heavy atom. The highest BCUT2D eigenvalue weighted by Crippen LogP contribution is 2.41. The standard InChI is InChI=1S/C24H18F3N3O6S2/c1-2-13-34-15-5-3-14(4-6-15)20-22(35-16-7-9-17(10-8-16)36-24(25,26)27)38-23(28-20)29-21(31)18-11-12-19(37-18)30(32)33/h3-12H,2,13H2,1H3,(H,28,29,31). The lowest BCUT2D eigenvalue weighted by Gasteiger charge is -2.10. The van der Waals surface area contributed by atoms with Crippen molar-refractivity contribution in [3.8, 4) is 33.6 Å². The highest BCUT2D eigenvalue weighted by atomic mass is 32.1. The van der Waals surface area contributed by atoms with Gasteiger partial charge in [0.1, 0.15) is 22.9 Å². The first kappa shape index (κ1) is 26.9. The minimum absolute atomic E-state index is 0.119. The van der Waals surface area contributed by atoms with E-state index in [1.165, 1.54) is 24.3 Å². The Morgan fingerprint density at radius 1 is 1.00 bits per heavy atom. The number of carbonyl (C=O) groups excluding carboxylic acids is 1. The number of rotatable bonds is 10. The fraction of sp³-hybridized carbons (Fsp3) is 0.167. The van der Waals surface area contributed by atoms with Crippen molar-refractivity contribution in [2.24, 2.45) is 0 Å². The van der Waals surface area contributed by atoms with Gasteiger partial charge in [-0.25, -0.2) is 4.98 Å². The molecule has 2 aromatic carbocycles. The van der Waals surface area contributed by atoms with Gasteiger partial charge in [-0.05, 0) is 61.0 Å². The fourth-order valence-corrected chi connectivity index (χ4v) is 4.63. The molecule has 38 heavy (non-hydrogen) atoms. The van der Waals surface area contributed by atoms with Crippen molar-refractivity contribution in [1.29, 1.82) is 0 Å². The summed E-state index contributed by atoms with van der Waals surface area (Å²) in [5.41, 5.74) is 0.990. The third-order valence-corrected chi connectivity index (χ3v) is 6.57. The van der Waals surface area contributed by atoms with Crippen molar-refractivity contribution in [1.82, 2.24) is 4.98 Å². The number of amides is 1. The molecule has 0 saturated carbocycles.